The van der Waals surface area contributed by atoms with Crippen molar-refractivity contribution in [3.63, 3.8) is 0 Å². The van der Waals surface area contributed by atoms with E-state index in [0.29, 0.717) is 11.3 Å². The molecule has 4 N–H and O–H groups in total. The second-order valence-corrected chi connectivity index (χ2v) is 5.24. The molecule has 1 rings (SSSR count). The Morgan fingerprint density at radius 3 is 2.56 bits per heavy atom. The molecule has 0 saturated heterocycles. The molecule has 0 bridgehead atoms. The summed E-state index contributed by atoms with van der Waals surface area (Å²) in [5.41, 5.74) is 6.01. The lowest BCUT2D eigenvalue weighted by Crippen LogP contribution is -2.45. The third kappa shape index (κ3) is 3.67. The molecule has 4 nitrogen and oxygen atoms in total. The third-order valence-electron chi connectivity index (χ3n) is 3.72. The predicted octanol–water partition coefficient (Wildman–Crippen LogP) is 2.07. The van der Waals surface area contributed by atoms with Gasteiger partial charge in [0, 0.05) is 6.54 Å². The zero-order valence-corrected chi connectivity index (χ0v) is 10.5. The molecule has 4 heteroatoms. The van der Waals surface area contributed by atoms with E-state index in [2.05, 4.69) is 17.4 Å². The molecule has 1 unspecified atom stereocenters. The first-order valence-electron chi connectivity index (χ1n) is 6.32. The highest BCUT2D eigenvalue weighted by molar-refractivity contribution is 5.85. The first-order chi connectivity index (χ1) is 7.61. The highest BCUT2D eigenvalue weighted by Crippen LogP contribution is 2.35. The number of nitrogens with one attached hydrogen (secondary N) is 1. The minimum absolute atomic E-state index is 0.00347. The molecule has 0 heterocycles. The van der Waals surface area contributed by atoms with Gasteiger partial charge in [-0.15, -0.1) is 0 Å². The van der Waals surface area contributed by atoms with Crippen molar-refractivity contribution in [2.75, 3.05) is 6.54 Å². The van der Waals surface area contributed by atoms with Crippen LogP contribution in [0.3, 0.4) is 0 Å². The zero-order chi connectivity index (χ0) is 12.0. The van der Waals surface area contributed by atoms with Gasteiger partial charge in [-0.05, 0) is 24.7 Å². The molecule has 0 aromatic rings. The normalized spacial score (nSPS) is 23.0. The average molecular weight is 227 g/mol. The molecular formula is C12H25N3O. The van der Waals surface area contributed by atoms with E-state index in [4.69, 9.17) is 10.9 Å². The van der Waals surface area contributed by atoms with Crippen LogP contribution in [0.15, 0.2) is 5.16 Å². The molecule has 1 aliphatic rings. The van der Waals surface area contributed by atoms with Crippen LogP contribution in [-0.2, 0) is 0 Å². The van der Waals surface area contributed by atoms with E-state index in [1.54, 1.807) is 0 Å². The summed E-state index contributed by atoms with van der Waals surface area (Å²) >= 11 is 0. The van der Waals surface area contributed by atoms with Crippen molar-refractivity contribution < 1.29 is 5.21 Å². The van der Waals surface area contributed by atoms with Crippen molar-refractivity contribution in [2.45, 2.75) is 58.4 Å². The summed E-state index contributed by atoms with van der Waals surface area (Å²) in [6.07, 6.45) is 7.45. The molecule has 1 saturated carbocycles. The lowest BCUT2D eigenvalue weighted by Gasteiger charge is -2.35. The smallest absolute Gasteiger partial charge is 0.156 e. The van der Waals surface area contributed by atoms with E-state index in [9.17, 15) is 0 Å². The Kier molecular flexibility index (Phi) is 5.06. The van der Waals surface area contributed by atoms with E-state index in [1.165, 1.54) is 32.1 Å². The fourth-order valence-corrected chi connectivity index (χ4v) is 2.48. The quantitative estimate of drug-likeness (QED) is 0.291. The summed E-state index contributed by atoms with van der Waals surface area (Å²) in [5.74, 6) is 0.293. The third-order valence-corrected chi connectivity index (χ3v) is 3.72. The van der Waals surface area contributed by atoms with E-state index >= 15 is 0 Å². The lowest BCUT2D eigenvalue weighted by atomic mass is 9.75. The van der Waals surface area contributed by atoms with Crippen molar-refractivity contribution in [3.05, 3.63) is 0 Å². The first kappa shape index (κ1) is 13.3. The average Bonchev–Trinajstić information content (AvgIpc) is 2.30. The van der Waals surface area contributed by atoms with Crippen molar-refractivity contribution in [2.24, 2.45) is 16.3 Å². The van der Waals surface area contributed by atoms with Gasteiger partial charge in [0.15, 0.2) is 5.84 Å². The Morgan fingerprint density at radius 1 is 1.44 bits per heavy atom. The summed E-state index contributed by atoms with van der Waals surface area (Å²) in [6.45, 7) is 5.33. The SMILES string of the molecule is CCC(NCC1(C)CCCCC1)C(N)=NO. The van der Waals surface area contributed by atoms with Gasteiger partial charge in [0.25, 0.3) is 0 Å². The minimum atomic E-state index is 0.00347. The molecule has 0 amide bonds. The second-order valence-electron chi connectivity index (χ2n) is 5.24. The van der Waals surface area contributed by atoms with E-state index in [1.807, 2.05) is 6.92 Å². The van der Waals surface area contributed by atoms with E-state index in [0.717, 1.165) is 13.0 Å². The Balaban J connectivity index is 2.42. The molecule has 16 heavy (non-hydrogen) atoms. The van der Waals surface area contributed by atoms with Crippen molar-refractivity contribution in [1.82, 2.24) is 5.32 Å². The largest absolute Gasteiger partial charge is 0.409 e. The molecule has 94 valence electrons. The first-order valence-corrected chi connectivity index (χ1v) is 6.32. The van der Waals surface area contributed by atoms with Crippen LogP contribution in [0.1, 0.15) is 52.4 Å². The van der Waals surface area contributed by atoms with Crippen LogP contribution in [0.5, 0.6) is 0 Å². The van der Waals surface area contributed by atoms with Crippen LogP contribution in [0, 0.1) is 5.41 Å². The Hall–Kier alpha value is -0.770. The van der Waals surface area contributed by atoms with Gasteiger partial charge in [0.05, 0.1) is 6.04 Å². The van der Waals surface area contributed by atoms with E-state index in [-0.39, 0.29) is 6.04 Å². The fraction of sp³-hybridized carbons (Fsp3) is 0.917. The Bertz CT molecular complexity index is 234. The summed E-state index contributed by atoms with van der Waals surface area (Å²) in [7, 11) is 0. The molecule has 1 fully saturated rings. The minimum Gasteiger partial charge on any atom is -0.409 e. The van der Waals surface area contributed by atoms with Crippen molar-refractivity contribution in [1.29, 1.82) is 0 Å². The number of hydrogen-bond donors (Lipinski definition) is 3. The molecule has 0 aromatic heterocycles. The van der Waals surface area contributed by atoms with Gasteiger partial charge in [-0.3, -0.25) is 0 Å². The van der Waals surface area contributed by atoms with Gasteiger partial charge in [-0.1, -0.05) is 38.3 Å². The van der Waals surface area contributed by atoms with Gasteiger partial charge in [-0.25, -0.2) is 0 Å². The maximum absolute atomic E-state index is 8.66. The fourth-order valence-electron chi connectivity index (χ4n) is 2.48. The number of nitrogens with two attached hydrogens (primary N) is 1. The van der Waals surface area contributed by atoms with Gasteiger partial charge in [0.2, 0.25) is 0 Å². The summed E-state index contributed by atoms with van der Waals surface area (Å²) < 4.78 is 0. The lowest BCUT2D eigenvalue weighted by molar-refractivity contribution is 0.204. The zero-order valence-electron chi connectivity index (χ0n) is 10.5. The molecular weight excluding hydrogens is 202 g/mol. The topological polar surface area (TPSA) is 70.6 Å². The second kappa shape index (κ2) is 6.09. The molecule has 0 radical (unpaired) electrons. The van der Waals surface area contributed by atoms with Crippen LogP contribution >= 0.6 is 0 Å². The van der Waals surface area contributed by atoms with Crippen molar-refractivity contribution >= 4 is 5.84 Å². The van der Waals surface area contributed by atoms with Gasteiger partial charge in [0.1, 0.15) is 0 Å². The standard InChI is InChI=1S/C12H25N3O/c1-3-10(11(13)15-16)14-9-12(2)7-5-4-6-8-12/h10,14,16H,3-9H2,1-2H3,(H2,13,15). The summed E-state index contributed by atoms with van der Waals surface area (Å²) in [5, 5.41) is 15.2. The molecule has 0 spiro atoms. The van der Waals surface area contributed by atoms with Gasteiger partial charge >= 0.3 is 0 Å². The van der Waals surface area contributed by atoms with Crippen LogP contribution in [0.25, 0.3) is 0 Å². The molecule has 1 aliphatic carbocycles. The van der Waals surface area contributed by atoms with Gasteiger partial charge < -0.3 is 16.3 Å². The van der Waals surface area contributed by atoms with E-state index < -0.39 is 0 Å². The molecule has 1 atom stereocenters. The van der Waals surface area contributed by atoms with Crippen LogP contribution < -0.4 is 11.1 Å². The Labute approximate surface area is 98.3 Å². The number of hydrogen-bond acceptors (Lipinski definition) is 3. The number of rotatable bonds is 5. The summed E-state index contributed by atoms with van der Waals surface area (Å²) in [4.78, 5) is 0. The van der Waals surface area contributed by atoms with Gasteiger partial charge in [-0.2, -0.15) is 0 Å². The number of oxime groups is 1. The maximum Gasteiger partial charge on any atom is 0.156 e. The molecule has 0 aromatic carbocycles. The highest BCUT2D eigenvalue weighted by Gasteiger charge is 2.27. The Morgan fingerprint density at radius 2 is 2.06 bits per heavy atom. The summed E-state index contributed by atoms with van der Waals surface area (Å²) in [6, 6.07) is 0.00347. The predicted molar refractivity (Wildman–Crippen MR) is 66.7 cm³/mol. The monoisotopic (exact) mass is 227 g/mol. The maximum atomic E-state index is 8.66. The van der Waals surface area contributed by atoms with Crippen LogP contribution in [0.2, 0.25) is 0 Å². The van der Waals surface area contributed by atoms with Crippen LogP contribution in [-0.4, -0.2) is 23.6 Å². The van der Waals surface area contributed by atoms with Crippen molar-refractivity contribution in [3.8, 4) is 0 Å². The molecule has 0 aliphatic heterocycles. The highest BCUT2D eigenvalue weighted by atomic mass is 16.4. The number of amidine groups is 1. The number of nitrogens with zero attached hydrogens (tertiary/aromatic N) is 1. The van der Waals surface area contributed by atoms with Crippen LogP contribution in [0.4, 0.5) is 0 Å².